The van der Waals surface area contributed by atoms with Crippen molar-refractivity contribution in [1.29, 1.82) is 0 Å². The molecule has 0 bridgehead atoms. The highest BCUT2D eigenvalue weighted by molar-refractivity contribution is 6.12. The van der Waals surface area contributed by atoms with Crippen LogP contribution in [0.5, 0.6) is 5.75 Å². The zero-order valence-electron chi connectivity index (χ0n) is 12.0. The van der Waals surface area contributed by atoms with Gasteiger partial charge in [-0.3, -0.25) is 9.59 Å². The molecule has 0 spiro atoms. The number of Topliss-reactive ketones (excluding diaryl/α,β-unsaturated/α-hetero) is 2. The fourth-order valence-corrected chi connectivity index (χ4v) is 3.53. The minimum Gasteiger partial charge on any atom is -0.508 e. The van der Waals surface area contributed by atoms with Crippen LogP contribution in [-0.4, -0.2) is 27.9 Å². The number of hydrogen-bond acceptors (Lipinski definition) is 4. The molecular formula is C17H18O4. The predicted molar refractivity (Wildman–Crippen MR) is 77.3 cm³/mol. The van der Waals surface area contributed by atoms with Gasteiger partial charge in [-0.2, -0.15) is 0 Å². The summed E-state index contributed by atoms with van der Waals surface area (Å²) < 4.78 is 0. The van der Waals surface area contributed by atoms with E-state index in [4.69, 9.17) is 0 Å². The molecule has 0 amide bonds. The van der Waals surface area contributed by atoms with Crippen LogP contribution < -0.4 is 0 Å². The maximum atomic E-state index is 12.8. The second kappa shape index (κ2) is 4.53. The van der Waals surface area contributed by atoms with Gasteiger partial charge < -0.3 is 10.2 Å². The van der Waals surface area contributed by atoms with E-state index in [-0.39, 0.29) is 35.2 Å². The summed E-state index contributed by atoms with van der Waals surface area (Å²) in [5.74, 6) is -0.945. The molecule has 4 nitrogen and oxygen atoms in total. The molecule has 0 aliphatic heterocycles. The van der Waals surface area contributed by atoms with Crippen molar-refractivity contribution in [2.75, 3.05) is 0 Å². The van der Waals surface area contributed by atoms with Gasteiger partial charge in [-0.15, -0.1) is 0 Å². The molecule has 3 unspecified atom stereocenters. The Morgan fingerprint density at radius 3 is 2.62 bits per heavy atom. The quantitative estimate of drug-likeness (QED) is 0.718. The normalized spacial score (nSPS) is 35.1. The highest BCUT2D eigenvalue weighted by Crippen LogP contribution is 2.49. The molecule has 0 saturated heterocycles. The van der Waals surface area contributed by atoms with Crippen molar-refractivity contribution < 1.29 is 19.8 Å². The monoisotopic (exact) mass is 286 g/mol. The van der Waals surface area contributed by atoms with Gasteiger partial charge in [0.2, 0.25) is 0 Å². The Morgan fingerprint density at radius 1 is 1.19 bits per heavy atom. The van der Waals surface area contributed by atoms with Crippen molar-refractivity contribution in [3.05, 3.63) is 41.5 Å². The maximum absolute atomic E-state index is 12.8. The number of aliphatic hydroxyl groups is 1. The van der Waals surface area contributed by atoms with Gasteiger partial charge in [0.15, 0.2) is 11.6 Å². The van der Waals surface area contributed by atoms with Gasteiger partial charge >= 0.3 is 0 Å². The molecule has 4 atom stereocenters. The molecule has 0 saturated carbocycles. The van der Waals surface area contributed by atoms with Gasteiger partial charge in [0.25, 0.3) is 0 Å². The lowest BCUT2D eigenvalue weighted by Crippen LogP contribution is -2.45. The number of fused-ring (bicyclic) bond motifs is 2. The molecular weight excluding hydrogens is 268 g/mol. The Labute approximate surface area is 123 Å². The van der Waals surface area contributed by atoms with Crippen LogP contribution in [0.25, 0.3) is 0 Å². The number of carbonyl (C=O) groups excluding carboxylic acids is 2. The van der Waals surface area contributed by atoms with E-state index in [1.54, 1.807) is 12.2 Å². The topological polar surface area (TPSA) is 74.6 Å². The minimum absolute atomic E-state index is 0.0219. The van der Waals surface area contributed by atoms with E-state index in [0.29, 0.717) is 5.56 Å². The SMILES string of the molecule is CC1C(O)C=CC2C(=O)c3cc(O)ccc3C(=O)C[C@]21C. The van der Waals surface area contributed by atoms with Crippen molar-refractivity contribution >= 4 is 11.6 Å². The van der Waals surface area contributed by atoms with Crippen molar-refractivity contribution in [2.24, 2.45) is 17.3 Å². The molecule has 110 valence electrons. The molecule has 2 aliphatic rings. The van der Waals surface area contributed by atoms with Crippen molar-refractivity contribution in [3.63, 3.8) is 0 Å². The van der Waals surface area contributed by atoms with Gasteiger partial charge in [0, 0.05) is 23.5 Å². The Hall–Kier alpha value is -1.94. The highest BCUT2D eigenvalue weighted by atomic mass is 16.3. The van der Waals surface area contributed by atoms with Crippen molar-refractivity contribution in [2.45, 2.75) is 26.4 Å². The van der Waals surface area contributed by atoms with Crippen LogP contribution in [0.3, 0.4) is 0 Å². The zero-order valence-corrected chi connectivity index (χ0v) is 12.0. The number of phenolic OH excluding ortho intramolecular Hbond substituents is 1. The summed E-state index contributed by atoms with van der Waals surface area (Å²) in [5, 5.41) is 19.7. The lowest BCUT2D eigenvalue weighted by molar-refractivity contribution is 0.0217. The van der Waals surface area contributed by atoms with Crippen molar-refractivity contribution in [3.8, 4) is 5.75 Å². The molecule has 0 heterocycles. The number of ketones is 2. The number of hydrogen-bond donors (Lipinski definition) is 2. The molecule has 0 fully saturated rings. The summed E-state index contributed by atoms with van der Waals surface area (Å²) in [6.45, 7) is 3.76. The van der Waals surface area contributed by atoms with Crippen LogP contribution in [0.15, 0.2) is 30.4 Å². The lowest BCUT2D eigenvalue weighted by Gasteiger charge is -2.43. The largest absolute Gasteiger partial charge is 0.508 e. The van der Waals surface area contributed by atoms with E-state index in [2.05, 4.69) is 0 Å². The molecule has 1 aromatic carbocycles. The summed E-state index contributed by atoms with van der Waals surface area (Å²) in [6.07, 6.45) is 2.90. The molecule has 2 N–H and O–H groups in total. The fourth-order valence-electron chi connectivity index (χ4n) is 3.53. The first kappa shape index (κ1) is 14.0. The third-order valence-corrected chi connectivity index (χ3v) is 5.16. The van der Waals surface area contributed by atoms with E-state index in [0.717, 1.165) is 0 Å². The Kier molecular flexibility index (Phi) is 3.02. The number of benzene rings is 1. The molecule has 1 aromatic rings. The highest BCUT2D eigenvalue weighted by Gasteiger charge is 2.50. The Bertz CT molecular complexity index is 661. The molecule has 4 heteroatoms. The van der Waals surface area contributed by atoms with E-state index < -0.39 is 17.4 Å². The van der Waals surface area contributed by atoms with E-state index in [1.807, 2.05) is 13.8 Å². The number of aliphatic hydroxyl groups excluding tert-OH is 1. The summed E-state index contributed by atoms with van der Waals surface area (Å²) in [7, 11) is 0. The minimum atomic E-state index is -0.651. The van der Waals surface area contributed by atoms with Crippen LogP contribution in [0.2, 0.25) is 0 Å². The molecule has 2 aliphatic carbocycles. The number of rotatable bonds is 0. The van der Waals surface area contributed by atoms with Gasteiger partial charge in [-0.1, -0.05) is 26.0 Å². The molecule has 21 heavy (non-hydrogen) atoms. The first-order valence-electron chi connectivity index (χ1n) is 7.11. The zero-order chi connectivity index (χ0) is 15.4. The summed E-state index contributed by atoms with van der Waals surface area (Å²) >= 11 is 0. The Morgan fingerprint density at radius 2 is 1.90 bits per heavy atom. The molecule has 0 radical (unpaired) electrons. The number of carbonyl (C=O) groups is 2. The summed E-state index contributed by atoms with van der Waals surface area (Å²) in [5.41, 5.74) is 0.0298. The smallest absolute Gasteiger partial charge is 0.171 e. The van der Waals surface area contributed by atoms with Crippen LogP contribution in [0, 0.1) is 17.3 Å². The summed E-state index contributed by atoms with van der Waals surface area (Å²) in [4.78, 5) is 25.4. The van der Waals surface area contributed by atoms with Crippen LogP contribution in [-0.2, 0) is 0 Å². The predicted octanol–water partition coefficient (Wildman–Crippen LogP) is 2.35. The standard InChI is InChI=1S/C17H18O4/c1-9-14(19)6-5-13-16(21)12-7-10(18)3-4-11(12)15(20)8-17(9,13)2/h3-7,9,13-14,18-19H,8H2,1-2H3/t9?,13?,14?,17-/m0/s1. The third kappa shape index (κ3) is 1.94. The first-order chi connectivity index (χ1) is 9.84. The lowest BCUT2D eigenvalue weighted by atomic mass is 9.60. The van der Waals surface area contributed by atoms with Crippen LogP contribution in [0.1, 0.15) is 41.0 Å². The van der Waals surface area contributed by atoms with E-state index in [1.165, 1.54) is 18.2 Å². The number of allylic oxidation sites excluding steroid dienone is 1. The average molecular weight is 286 g/mol. The van der Waals surface area contributed by atoms with Gasteiger partial charge in [-0.25, -0.2) is 0 Å². The first-order valence-corrected chi connectivity index (χ1v) is 7.11. The van der Waals surface area contributed by atoms with E-state index >= 15 is 0 Å². The second-order valence-corrected chi connectivity index (χ2v) is 6.34. The fraction of sp³-hybridized carbons (Fsp3) is 0.412. The maximum Gasteiger partial charge on any atom is 0.171 e. The molecule has 0 aromatic heterocycles. The van der Waals surface area contributed by atoms with Gasteiger partial charge in [0.1, 0.15) is 5.75 Å². The van der Waals surface area contributed by atoms with Gasteiger partial charge in [0.05, 0.1) is 6.10 Å². The van der Waals surface area contributed by atoms with E-state index in [9.17, 15) is 19.8 Å². The Balaban J connectivity index is 2.20. The average Bonchev–Trinajstić information content (AvgIpc) is 2.51. The van der Waals surface area contributed by atoms with Gasteiger partial charge in [-0.05, 0) is 29.5 Å². The van der Waals surface area contributed by atoms with Crippen LogP contribution in [0.4, 0.5) is 0 Å². The molecule has 3 rings (SSSR count). The number of phenols is 1. The second-order valence-electron chi connectivity index (χ2n) is 6.34. The van der Waals surface area contributed by atoms with Crippen molar-refractivity contribution in [1.82, 2.24) is 0 Å². The summed E-state index contributed by atoms with van der Waals surface area (Å²) in [6, 6.07) is 4.30. The third-order valence-electron chi connectivity index (χ3n) is 5.16. The van der Waals surface area contributed by atoms with Crippen LogP contribution >= 0.6 is 0 Å². The number of aromatic hydroxyl groups is 1.